The summed E-state index contributed by atoms with van der Waals surface area (Å²) in [6.45, 7) is 8.13. The van der Waals surface area contributed by atoms with Gasteiger partial charge in [-0.1, -0.05) is 13.8 Å². The number of methoxy groups -OCH3 is 1. The standard InChI is InChI=1S/C18H36N2O5/c1-13(2)9-15-10-20(14(3)21)11-17(24-4)18(23)16(22)12-25-8-6-5-7-19-15/h13,15-19,22-23H,5-12H2,1-4H3/t15-,16-,17-,18-/m1/s1. The Morgan fingerprint density at radius 1 is 1.32 bits per heavy atom. The van der Waals surface area contributed by atoms with Crippen molar-refractivity contribution in [2.24, 2.45) is 5.92 Å². The average Bonchev–Trinajstić information content (AvgIpc) is 2.55. The summed E-state index contributed by atoms with van der Waals surface area (Å²) >= 11 is 0. The van der Waals surface area contributed by atoms with Crippen LogP contribution in [0.5, 0.6) is 0 Å². The van der Waals surface area contributed by atoms with Gasteiger partial charge >= 0.3 is 0 Å². The Morgan fingerprint density at radius 3 is 2.64 bits per heavy atom. The molecule has 0 radical (unpaired) electrons. The van der Waals surface area contributed by atoms with Gasteiger partial charge in [-0.15, -0.1) is 0 Å². The van der Waals surface area contributed by atoms with Gasteiger partial charge in [0.05, 0.1) is 6.61 Å². The molecule has 0 aromatic carbocycles. The van der Waals surface area contributed by atoms with Crippen molar-refractivity contribution in [3.05, 3.63) is 0 Å². The highest BCUT2D eigenvalue weighted by molar-refractivity contribution is 5.73. The highest BCUT2D eigenvalue weighted by Crippen LogP contribution is 2.12. The maximum atomic E-state index is 12.1. The lowest BCUT2D eigenvalue weighted by Gasteiger charge is -2.34. The molecule has 0 aromatic heterocycles. The van der Waals surface area contributed by atoms with Crippen molar-refractivity contribution < 1.29 is 24.5 Å². The number of aliphatic hydroxyl groups is 2. The highest BCUT2D eigenvalue weighted by atomic mass is 16.5. The first kappa shape index (κ1) is 22.3. The predicted octanol–water partition coefficient (Wildman–Crippen LogP) is 0.386. The summed E-state index contributed by atoms with van der Waals surface area (Å²) in [7, 11) is 1.48. The van der Waals surface area contributed by atoms with Gasteiger partial charge in [-0.3, -0.25) is 4.79 Å². The summed E-state index contributed by atoms with van der Waals surface area (Å²) in [5.41, 5.74) is 0. The van der Waals surface area contributed by atoms with Crippen molar-refractivity contribution >= 4 is 5.91 Å². The van der Waals surface area contributed by atoms with Crippen LogP contribution >= 0.6 is 0 Å². The van der Waals surface area contributed by atoms with Crippen LogP contribution in [0.2, 0.25) is 0 Å². The Hall–Kier alpha value is -0.730. The number of carbonyl (C=O) groups excluding carboxylic acids is 1. The number of rotatable bonds is 3. The van der Waals surface area contributed by atoms with Crippen molar-refractivity contribution in [1.82, 2.24) is 10.2 Å². The zero-order valence-electron chi connectivity index (χ0n) is 16.1. The molecule has 1 aliphatic rings. The normalized spacial score (nSPS) is 30.9. The van der Waals surface area contributed by atoms with Crippen LogP contribution in [0.3, 0.4) is 0 Å². The van der Waals surface area contributed by atoms with Gasteiger partial charge in [0.2, 0.25) is 5.91 Å². The second-order valence-corrected chi connectivity index (χ2v) is 7.32. The van der Waals surface area contributed by atoms with E-state index in [1.165, 1.54) is 14.0 Å². The van der Waals surface area contributed by atoms with Crippen LogP contribution in [-0.2, 0) is 14.3 Å². The Bertz CT molecular complexity index is 380. The van der Waals surface area contributed by atoms with E-state index in [1.807, 2.05) is 0 Å². The van der Waals surface area contributed by atoms with Crippen LogP contribution in [-0.4, -0.2) is 85.3 Å². The van der Waals surface area contributed by atoms with Crippen LogP contribution in [0.25, 0.3) is 0 Å². The first-order valence-corrected chi connectivity index (χ1v) is 9.30. The molecule has 4 atom stereocenters. The van der Waals surface area contributed by atoms with E-state index < -0.39 is 18.3 Å². The summed E-state index contributed by atoms with van der Waals surface area (Å²) in [6, 6.07) is 0.187. The molecule has 7 nitrogen and oxygen atoms in total. The van der Waals surface area contributed by atoms with Gasteiger partial charge in [-0.2, -0.15) is 0 Å². The van der Waals surface area contributed by atoms with E-state index in [0.29, 0.717) is 19.1 Å². The molecule has 0 bridgehead atoms. The fourth-order valence-corrected chi connectivity index (χ4v) is 3.11. The van der Waals surface area contributed by atoms with E-state index in [0.717, 1.165) is 25.8 Å². The van der Waals surface area contributed by atoms with E-state index in [9.17, 15) is 15.0 Å². The quantitative estimate of drug-likeness (QED) is 0.674. The van der Waals surface area contributed by atoms with E-state index in [-0.39, 0.29) is 25.1 Å². The molecule has 0 aliphatic carbocycles. The predicted molar refractivity (Wildman–Crippen MR) is 96.4 cm³/mol. The van der Waals surface area contributed by atoms with Crippen molar-refractivity contribution in [3.8, 4) is 0 Å². The van der Waals surface area contributed by atoms with Crippen LogP contribution in [0.4, 0.5) is 0 Å². The molecule has 1 amide bonds. The van der Waals surface area contributed by atoms with E-state index in [2.05, 4.69) is 19.2 Å². The Balaban J connectivity index is 2.88. The molecule has 25 heavy (non-hydrogen) atoms. The highest BCUT2D eigenvalue weighted by Gasteiger charge is 2.30. The molecule has 3 N–H and O–H groups in total. The van der Waals surface area contributed by atoms with Crippen molar-refractivity contribution in [1.29, 1.82) is 0 Å². The molecule has 1 saturated heterocycles. The lowest BCUT2D eigenvalue weighted by Crippen LogP contribution is -2.51. The first-order chi connectivity index (χ1) is 11.8. The molecule has 1 aliphatic heterocycles. The maximum Gasteiger partial charge on any atom is 0.219 e. The summed E-state index contributed by atoms with van der Waals surface area (Å²) < 4.78 is 10.8. The van der Waals surface area contributed by atoms with E-state index in [4.69, 9.17) is 9.47 Å². The molecule has 0 aromatic rings. The lowest BCUT2D eigenvalue weighted by atomic mass is 10.0. The zero-order valence-corrected chi connectivity index (χ0v) is 16.1. The topological polar surface area (TPSA) is 91.3 Å². The van der Waals surface area contributed by atoms with Crippen LogP contribution < -0.4 is 5.32 Å². The number of hydrogen-bond donors (Lipinski definition) is 3. The first-order valence-electron chi connectivity index (χ1n) is 9.30. The van der Waals surface area contributed by atoms with E-state index in [1.54, 1.807) is 4.90 Å². The third-order valence-electron chi connectivity index (χ3n) is 4.56. The van der Waals surface area contributed by atoms with Gasteiger partial charge in [0, 0.05) is 39.8 Å². The maximum absolute atomic E-state index is 12.1. The minimum Gasteiger partial charge on any atom is -0.388 e. The second-order valence-electron chi connectivity index (χ2n) is 7.32. The SMILES string of the molecule is CO[C@@H]1CN(C(C)=O)C[C@@H](CC(C)C)NCCCCOC[C@@H](O)[C@H]1O. The number of ether oxygens (including phenoxy) is 2. The van der Waals surface area contributed by atoms with Crippen LogP contribution in [0.15, 0.2) is 0 Å². The monoisotopic (exact) mass is 360 g/mol. The summed E-state index contributed by atoms with van der Waals surface area (Å²) in [5, 5.41) is 24.0. The third kappa shape index (κ3) is 8.46. The average molecular weight is 360 g/mol. The third-order valence-corrected chi connectivity index (χ3v) is 4.56. The number of carbonyl (C=O) groups is 1. The van der Waals surface area contributed by atoms with Crippen LogP contribution in [0.1, 0.15) is 40.0 Å². The molecular weight excluding hydrogens is 324 g/mol. The Kier molecular flexibility index (Phi) is 10.5. The van der Waals surface area contributed by atoms with Gasteiger partial charge in [0.15, 0.2) is 0 Å². The van der Waals surface area contributed by atoms with Crippen molar-refractivity contribution in [2.75, 3.05) is 40.0 Å². The molecule has 1 heterocycles. The van der Waals surface area contributed by atoms with Gasteiger partial charge in [-0.05, 0) is 31.7 Å². The molecule has 0 unspecified atom stereocenters. The minimum absolute atomic E-state index is 0.0600. The molecule has 1 rings (SSSR count). The zero-order chi connectivity index (χ0) is 18.8. The largest absolute Gasteiger partial charge is 0.388 e. The smallest absolute Gasteiger partial charge is 0.219 e. The van der Waals surface area contributed by atoms with Crippen molar-refractivity contribution in [3.63, 3.8) is 0 Å². The van der Waals surface area contributed by atoms with Crippen LogP contribution in [0, 0.1) is 5.92 Å². The minimum atomic E-state index is -1.11. The summed E-state index contributed by atoms with van der Waals surface area (Å²) in [6.07, 6.45) is 0.00794. The number of nitrogens with zero attached hydrogens (tertiary/aromatic N) is 1. The van der Waals surface area contributed by atoms with Gasteiger partial charge in [0.25, 0.3) is 0 Å². The summed E-state index contributed by atoms with van der Waals surface area (Å²) in [4.78, 5) is 13.8. The van der Waals surface area contributed by atoms with E-state index >= 15 is 0 Å². The molecule has 7 heteroatoms. The van der Waals surface area contributed by atoms with Crippen molar-refractivity contribution in [2.45, 2.75) is 64.4 Å². The Morgan fingerprint density at radius 2 is 2.04 bits per heavy atom. The van der Waals surface area contributed by atoms with Gasteiger partial charge in [0.1, 0.15) is 18.3 Å². The molecule has 1 fully saturated rings. The fraction of sp³-hybridized carbons (Fsp3) is 0.944. The Labute approximate surface area is 151 Å². The molecular formula is C18H36N2O5. The fourth-order valence-electron chi connectivity index (χ4n) is 3.11. The van der Waals surface area contributed by atoms with Gasteiger partial charge < -0.3 is 29.9 Å². The van der Waals surface area contributed by atoms with Gasteiger partial charge in [-0.25, -0.2) is 0 Å². The molecule has 0 spiro atoms. The number of hydrogen-bond acceptors (Lipinski definition) is 6. The lowest BCUT2D eigenvalue weighted by molar-refractivity contribution is -0.137. The molecule has 0 saturated carbocycles. The number of aliphatic hydroxyl groups excluding tert-OH is 2. The summed E-state index contributed by atoms with van der Waals surface area (Å²) in [5.74, 6) is 0.446. The second kappa shape index (κ2) is 11.8. The number of amides is 1. The molecule has 148 valence electrons. The number of nitrogens with one attached hydrogen (secondary N) is 1.